The Balaban J connectivity index is 1.53. The number of benzene rings is 2. The number of furan rings is 1. The molecule has 0 bridgehead atoms. The van der Waals surface area contributed by atoms with E-state index in [4.69, 9.17) is 4.42 Å². The summed E-state index contributed by atoms with van der Waals surface area (Å²) in [6, 6.07) is 14.7. The Labute approximate surface area is 200 Å². The van der Waals surface area contributed by atoms with Gasteiger partial charge in [-0.25, -0.2) is 4.39 Å². The summed E-state index contributed by atoms with van der Waals surface area (Å²) >= 11 is 0. The topological polar surface area (TPSA) is 66.0 Å². The minimum atomic E-state index is -0.893. The standard InChI is InChI=1S/C29H31FN2O2/c1-18-14-23-24(29(4,5)13-12-28(23,2)3)16-20(18)15-22-10-11-26(34-22)27(33)32-25(17-31)19-6-8-21(30)9-7-19/h6-11,14,16,25H,12-13,15H2,1-5H3,(H,32,33). The van der Waals surface area contributed by atoms with Gasteiger partial charge in [0.25, 0.3) is 5.91 Å². The van der Waals surface area contributed by atoms with Crippen LogP contribution in [0.2, 0.25) is 0 Å². The Hall–Kier alpha value is -3.39. The van der Waals surface area contributed by atoms with Crippen molar-refractivity contribution >= 4 is 5.91 Å². The summed E-state index contributed by atoms with van der Waals surface area (Å²) in [5, 5.41) is 12.1. The highest BCUT2D eigenvalue weighted by molar-refractivity contribution is 5.92. The van der Waals surface area contributed by atoms with Crippen LogP contribution in [0.15, 0.2) is 52.9 Å². The first-order valence-electron chi connectivity index (χ1n) is 11.7. The Morgan fingerprint density at radius 1 is 1.06 bits per heavy atom. The van der Waals surface area contributed by atoms with Gasteiger partial charge in [0, 0.05) is 6.42 Å². The maximum atomic E-state index is 13.2. The molecule has 5 heteroatoms. The number of nitrogens with zero attached hydrogens (tertiary/aromatic N) is 1. The monoisotopic (exact) mass is 458 g/mol. The van der Waals surface area contributed by atoms with Gasteiger partial charge >= 0.3 is 0 Å². The maximum absolute atomic E-state index is 13.2. The van der Waals surface area contributed by atoms with E-state index in [1.165, 1.54) is 52.9 Å². The van der Waals surface area contributed by atoms with Crippen molar-refractivity contribution in [3.63, 3.8) is 0 Å². The third-order valence-corrected chi connectivity index (χ3v) is 7.17. The molecule has 4 rings (SSSR count). The predicted molar refractivity (Wildman–Crippen MR) is 130 cm³/mol. The molecule has 3 aromatic rings. The molecule has 0 saturated carbocycles. The van der Waals surface area contributed by atoms with E-state index in [2.05, 4.69) is 52.1 Å². The molecule has 1 atom stereocenters. The van der Waals surface area contributed by atoms with Crippen LogP contribution in [-0.4, -0.2) is 5.91 Å². The molecule has 1 unspecified atom stereocenters. The Bertz CT molecular complexity index is 1260. The van der Waals surface area contributed by atoms with Gasteiger partial charge in [0.1, 0.15) is 17.6 Å². The van der Waals surface area contributed by atoms with Crippen LogP contribution in [0.4, 0.5) is 4.39 Å². The number of hydrogen-bond donors (Lipinski definition) is 1. The fourth-order valence-corrected chi connectivity index (χ4v) is 4.79. The molecule has 34 heavy (non-hydrogen) atoms. The lowest BCUT2D eigenvalue weighted by atomic mass is 9.62. The molecule has 2 aromatic carbocycles. The number of carbonyl (C=O) groups excluding carboxylic acids is 1. The molecule has 1 amide bonds. The van der Waals surface area contributed by atoms with Gasteiger partial charge in [-0.3, -0.25) is 4.79 Å². The first kappa shape index (κ1) is 23.8. The minimum absolute atomic E-state index is 0.119. The number of rotatable bonds is 5. The lowest BCUT2D eigenvalue weighted by molar-refractivity contribution is 0.0915. The summed E-state index contributed by atoms with van der Waals surface area (Å²) in [6.45, 7) is 11.4. The fraction of sp³-hybridized carbons (Fsp3) is 0.379. The van der Waals surface area contributed by atoms with E-state index in [1.54, 1.807) is 6.07 Å². The van der Waals surface area contributed by atoms with E-state index >= 15 is 0 Å². The highest BCUT2D eigenvalue weighted by Crippen LogP contribution is 2.46. The maximum Gasteiger partial charge on any atom is 0.288 e. The number of hydrogen-bond acceptors (Lipinski definition) is 3. The number of carbonyl (C=O) groups is 1. The molecule has 0 spiro atoms. The molecule has 0 radical (unpaired) electrons. The zero-order valence-corrected chi connectivity index (χ0v) is 20.5. The minimum Gasteiger partial charge on any atom is -0.456 e. The normalized spacial score (nSPS) is 16.9. The highest BCUT2D eigenvalue weighted by Gasteiger charge is 2.37. The van der Waals surface area contributed by atoms with Crippen molar-refractivity contribution in [2.45, 2.75) is 70.8 Å². The Kier molecular flexibility index (Phi) is 6.12. The smallest absolute Gasteiger partial charge is 0.288 e. The van der Waals surface area contributed by atoms with E-state index < -0.39 is 17.8 Å². The second-order valence-corrected chi connectivity index (χ2v) is 10.6. The van der Waals surface area contributed by atoms with Crippen LogP contribution in [0.3, 0.4) is 0 Å². The van der Waals surface area contributed by atoms with E-state index in [0.29, 0.717) is 17.7 Å². The molecule has 0 saturated heterocycles. The van der Waals surface area contributed by atoms with Crippen molar-refractivity contribution in [1.29, 1.82) is 5.26 Å². The second kappa shape index (κ2) is 8.76. The zero-order chi connectivity index (χ0) is 24.7. The van der Waals surface area contributed by atoms with Gasteiger partial charge in [-0.05, 0) is 82.7 Å². The van der Waals surface area contributed by atoms with Crippen LogP contribution in [0.5, 0.6) is 0 Å². The van der Waals surface area contributed by atoms with Crippen molar-refractivity contribution in [1.82, 2.24) is 5.32 Å². The number of aryl methyl sites for hydroxylation is 1. The number of nitrogens with one attached hydrogen (secondary N) is 1. The SMILES string of the molecule is Cc1cc2c(cc1Cc1ccc(C(=O)NC(C#N)c3ccc(F)cc3)o1)C(C)(C)CCC2(C)C. The number of amides is 1. The van der Waals surface area contributed by atoms with Crippen LogP contribution in [0, 0.1) is 24.1 Å². The molecule has 0 aliphatic heterocycles. The first-order chi connectivity index (χ1) is 16.0. The van der Waals surface area contributed by atoms with Crippen molar-refractivity contribution in [3.05, 3.63) is 93.7 Å². The average molecular weight is 459 g/mol. The Morgan fingerprint density at radius 2 is 1.68 bits per heavy atom. The third kappa shape index (κ3) is 4.63. The molecule has 1 heterocycles. The van der Waals surface area contributed by atoms with Crippen LogP contribution >= 0.6 is 0 Å². The summed E-state index contributed by atoms with van der Waals surface area (Å²) in [4.78, 5) is 12.7. The fourth-order valence-electron chi connectivity index (χ4n) is 4.79. The number of nitriles is 1. The van der Waals surface area contributed by atoms with Crippen molar-refractivity contribution in [2.24, 2.45) is 0 Å². The molecule has 1 aliphatic rings. The second-order valence-electron chi connectivity index (χ2n) is 10.6. The largest absolute Gasteiger partial charge is 0.456 e. The molecule has 1 aliphatic carbocycles. The lowest BCUT2D eigenvalue weighted by Gasteiger charge is -2.42. The van der Waals surface area contributed by atoms with Crippen LogP contribution < -0.4 is 5.32 Å². The molecule has 1 aromatic heterocycles. The Morgan fingerprint density at radius 3 is 2.29 bits per heavy atom. The van der Waals surface area contributed by atoms with E-state index in [9.17, 15) is 14.4 Å². The molecule has 0 fully saturated rings. The van der Waals surface area contributed by atoms with Gasteiger partial charge in [-0.2, -0.15) is 5.26 Å². The molecule has 1 N–H and O–H groups in total. The molecule has 176 valence electrons. The van der Waals surface area contributed by atoms with Gasteiger partial charge in [0.15, 0.2) is 5.76 Å². The summed E-state index contributed by atoms with van der Waals surface area (Å²) in [6.07, 6.45) is 2.90. The van der Waals surface area contributed by atoms with Gasteiger partial charge in [0.2, 0.25) is 0 Å². The molecular formula is C29H31FN2O2. The number of fused-ring (bicyclic) bond motifs is 1. The first-order valence-corrected chi connectivity index (χ1v) is 11.7. The van der Waals surface area contributed by atoms with Crippen molar-refractivity contribution < 1.29 is 13.6 Å². The van der Waals surface area contributed by atoms with E-state index in [-0.39, 0.29) is 16.6 Å². The summed E-state index contributed by atoms with van der Waals surface area (Å²) in [7, 11) is 0. The van der Waals surface area contributed by atoms with Crippen LogP contribution in [0.25, 0.3) is 0 Å². The highest BCUT2D eigenvalue weighted by atomic mass is 19.1. The van der Waals surface area contributed by atoms with E-state index in [1.807, 2.05) is 12.1 Å². The predicted octanol–water partition coefficient (Wildman–Crippen LogP) is 6.66. The van der Waals surface area contributed by atoms with Gasteiger partial charge < -0.3 is 9.73 Å². The van der Waals surface area contributed by atoms with Crippen LogP contribution in [0.1, 0.15) is 90.7 Å². The zero-order valence-electron chi connectivity index (χ0n) is 20.5. The summed E-state index contributed by atoms with van der Waals surface area (Å²) in [5.41, 5.74) is 6.01. The van der Waals surface area contributed by atoms with Crippen molar-refractivity contribution in [3.8, 4) is 6.07 Å². The van der Waals surface area contributed by atoms with E-state index in [0.717, 1.165) is 6.42 Å². The van der Waals surface area contributed by atoms with Gasteiger partial charge in [0.05, 0.1) is 6.07 Å². The summed E-state index contributed by atoms with van der Waals surface area (Å²) < 4.78 is 19.0. The van der Waals surface area contributed by atoms with Gasteiger partial charge in [-0.15, -0.1) is 0 Å². The average Bonchev–Trinajstić information content (AvgIpc) is 3.26. The van der Waals surface area contributed by atoms with Crippen molar-refractivity contribution in [2.75, 3.05) is 0 Å². The quantitative estimate of drug-likeness (QED) is 0.465. The van der Waals surface area contributed by atoms with Gasteiger partial charge in [-0.1, -0.05) is 52.0 Å². The molecular weight excluding hydrogens is 427 g/mol. The summed E-state index contributed by atoms with van der Waals surface area (Å²) in [5.74, 6) is -0.0372. The molecule has 4 nitrogen and oxygen atoms in total. The lowest BCUT2D eigenvalue weighted by Crippen LogP contribution is -2.34. The van der Waals surface area contributed by atoms with Crippen LogP contribution in [-0.2, 0) is 17.3 Å². The number of halogens is 1. The third-order valence-electron chi connectivity index (χ3n) is 7.17.